The fourth-order valence-corrected chi connectivity index (χ4v) is 4.28. The molecule has 4 aromatic rings. The Kier molecular flexibility index (Phi) is 3.78. The van der Waals surface area contributed by atoms with E-state index in [1.54, 1.807) is 18.2 Å². The largest absolute Gasteiger partial charge is 0.493 e. The Morgan fingerprint density at radius 2 is 1.88 bits per heavy atom. The minimum Gasteiger partial charge on any atom is -0.493 e. The van der Waals surface area contributed by atoms with Crippen molar-refractivity contribution >= 4 is 44.6 Å². The van der Waals surface area contributed by atoms with Crippen molar-refractivity contribution in [2.45, 2.75) is 0 Å². The van der Waals surface area contributed by atoms with Gasteiger partial charge in [0.1, 0.15) is 0 Å². The zero-order valence-corrected chi connectivity index (χ0v) is 14.9. The van der Waals surface area contributed by atoms with E-state index in [-0.39, 0.29) is 5.56 Å². The first-order chi connectivity index (χ1) is 12.1. The van der Waals surface area contributed by atoms with Gasteiger partial charge in [0.15, 0.2) is 11.5 Å². The molecule has 0 N–H and O–H groups in total. The number of thiophene rings is 1. The minimum atomic E-state index is -0.409. The SMILES string of the molecule is COc1cc2nc3s/c(=C\c4cccs4)c(=O)n3c(=O)c2cc1OC. The van der Waals surface area contributed by atoms with Crippen LogP contribution < -0.4 is 25.1 Å². The first-order valence-electron chi connectivity index (χ1n) is 7.29. The van der Waals surface area contributed by atoms with Crippen LogP contribution in [0, 0.1) is 0 Å². The van der Waals surface area contributed by atoms with Crippen molar-refractivity contribution < 1.29 is 9.47 Å². The molecule has 0 aliphatic heterocycles. The maximum Gasteiger partial charge on any atom is 0.277 e. The molecule has 6 nitrogen and oxygen atoms in total. The summed E-state index contributed by atoms with van der Waals surface area (Å²) in [6.07, 6.45) is 1.78. The third-order valence-corrected chi connectivity index (χ3v) is 5.56. The highest BCUT2D eigenvalue weighted by Crippen LogP contribution is 2.30. The molecular weight excluding hydrogens is 360 g/mol. The molecule has 0 spiro atoms. The minimum absolute atomic E-state index is 0.313. The summed E-state index contributed by atoms with van der Waals surface area (Å²) in [6.45, 7) is 0. The smallest absolute Gasteiger partial charge is 0.277 e. The number of rotatable bonds is 3. The summed E-state index contributed by atoms with van der Waals surface area (Å²) in [4.78, 5) is 31.2. The molecule has 0 aliphatic rings. The van der Waals surface area contributed by atoms with Crippen molar-refractivity contribution in [1.82, 2.24) is 9.38 Å². The Hall–Kier alpha value is -2.71. The molecule has 3 aromatic heterocycles. The van der Waals surface area contributed by atoms with Crippen molar-refractivity contribution in [3.8, 4) is 11.5 Å². The molecule has 4 rings (SSSR count). The third-order valence-electron chi connectivity index (χ3n) is 3.77. The Morgan fingerprint density at radius 3 is 2.56 bits per heavy atom. The Bertz CT molecular complexity index is 1260. The topological polar surface area (TPSA) is 69.9 Å². The molecule has 0 aliphatic carbocycles. The number of hydrogen-bond donors (Lipinski definition) is 0. The number of nitrogens with zero attached hydrogens (tertiary/aromatic N) is 2. The standard InChI is InChI=1S/C17H12N2O4S2/c1-22-12-7-10-11(8-13(12)23-2)18-17-19(15(10)20)16(21)14(25-17)6-9-4-3-5-24-9/h3-8H,1-2H3/b14-6-. The highest BCUT2D eigenvalue weighted by atomic mass is 32.1. The number of fused-ring (bicyclic) bond motifs is 2. The van der Waals surface area contributed by atoms with Gasteiger partial charge in [0, 0.05) is 10.9 Å². The molecule has 0 radical (unpaired) electrons. The molecule has 0 unspecified atom stereocenters. The van der Waals surface area contributed by atoms with Gasteiger partial charge in [0.05, 0.1) is 29.7 Å². The van der Waals surface area contributed by atoms with E-state index in [1.165, 1.54) is 36.9 Å². The van der Waals surface area contributed by atoms with Crippen LogP contribution in [-0.2, 0) is 0 Å². The molecule has 0 saturated carbocycles. The summed E-state index contributed by atoms with van der Waals surface area (Å²) in [5.74, 6) is 0.900. The molecule has 0 saturated heterocycles. The maximum atomic E-state index is 12.8. The summed E-state index contributed by atoms with van der Waals surface area (Å²) in [5.41, 5.74) is -0.304. The second-order valence-corrected chi connectivity index (χ2v) is 7.18. The average molecular weight is 372 g/mol. The molecule has 0 atom stereocenters. The van der Waals surface area contributed by atoms with E-state index < -0.39 is 5.56 Å². The Labute approximate surface area is 149 Å². The number of methoxy groups -OCH3 is 2. The van der Waals surface area contributed by atoms with E-state index in [2.05, 4.69) is 4.98 Å². The molecule has 3 heterocycles. The van der Waals surface area contributed by atoms with Crippen LogP contribution in [0.3, 0.4) is 0 Å². The summed E-state index contributed by atoms with van der Waals surface area (Å²) >= 11 is 2.72. The monoisotopic (exact) mass is 372 g/mol. The van der Waals surface area contributed by atoms with Crippen LogP contribution in [0.5, 0.6) is 11.5 Å². The van der Waals surface area contributed by atoms with Gasteiger partial charge in [0.2, 0.25) is 4.96 Å². The summed E-state index contributed by atoms with van der Waals surface area (Å²) in [7, 11) is 3.01. The fourth-order valence-electron chi connectivity index (χ4n) is 2.59. The highest BCUT2D eigenvalue weighted by Gasteiger charge is 2.15. The number of hydrogen-bond acceptors (Lipinski definition) is 7. The van der Waals surface area contributed by atoms with Crippen LogP contribution in [0.15, 0.2) is 39.2 Å². The lowest BCUT2D eigenvalue weighted by Crippen LogP contribution is -2.31. The van der Waals surface area contributed by atoms with Crippen molar-refractivity contribution in [2.75, 3.05) is 14.2 Å². The van der Waals surface area contributed by atoms with Gasteiger partial charge in [-0.25, -0.2) is 9.38 Å². The van der Waals surface area contributed by atoms with Gasteiger partial charge in [0.25, 0.3) is 11.1 Å². The fraction of sp³-hybridized carbons (Fsp3) is 0.118. The maximum absolute atomic E-state index is 12.8. The molecular formula is C17H12N2O4S2. The average Bonchev–Trinajstić information content (AvgIpc) is 3.23. The molecule has 25 heavy (non-hydrogen) atoms. The molecule has 126 valence electrons. The zero-order chi connectivity index (χ0) is 17.6. The van der Waals surface area contributed by atoms with Gasteiger partial charge in [-0.15, -0.1) is 11.3 Å². The van der Waals surface area contributed by atoms with Crippen LogP contribution in [0.2, 0.25) is 0 Å². The normalized spacial score (nSPS) is 12.2. The third kappa shape index (κ3) is 2.50. The first kappa shape index (κ1) is 15.8. The Morgan fingerprint density at radius 1 is 1.12 bits per heavy atom. The van der Waals surface area contributed by atoms with Crippen LogP contribution in [-0.4, -0.2) is 23.6 Å². The van der Waals surface area contributed by atoms with E-state index in [0.717, 1.165) is 9.28 Å². The van der Waals surface area contributed by atoms with Crippen molar-refractivity contribution in [1.29, 1.82) is 0 Å². The molecule has 1 aromatic carbocycles. The molecule has 8 heteroatoms. The van der Waals surface area contributed by atoms with Crippen LogP contribution in [0.25, 0.3) is 21.9 Å². The lowest BCUT2D eigenvalue weighted by atomic mass is 10.2. The number of aromatic nitrogens is 2. The van der Waals surface area contributed by atoms with Crippen molar-refractivity contribution in [3.05, 3.63) is 59.8 Å². The van der Waals surface area contributed by atoms with Gasteiger partial charge >= 0.3 is 0 Å². The molecule has 0 fully saturated rings. The van der Waals surface area contributed by atoms with Crippen LogP contribution in [0.4, 0.5) is 0 Å². The van der Waals surface area contributed by atoms with E-state index in [1.807, 2.05) is 17.5 Å². The van der Waals surface area contributed by atoms with Gasteiger partial charge in [-0.2, -0.15) is 0 Å². The summed E-state index contributed by atoms with van der Waals surface area (Å²) in [6, 6.07) is 7.01. The zero-order valence-electron chi connectivity index (χ0n) is 13.3. The van der Waals surface area contributed by atoms with E-state index >= 15 is 0 Å². The molecule has 0 amide bonds. The van der Waals surface area contributed by atoms with E-state index in [9.17, 15) is 9.59 Å². The van der Waals surface area contributed by atoms with Gasteiger partial charge < -0.3 is 9.47 Å². The lowest BCUT2D eigenvalue weighted by Gasteiger charge is -2.08. The first-order valence-corrected chi connectivity index (χ1v) is 8.98. The van der Waals surface area contributed by atoms with E-state index in [4.69, 9.17) is 9.47 Å². The quantitative estimate of drug-likeness (QED) is 0.549. The summed E-state index contributed by atoms with van der Waals surface area (Å²) in [5, 5.41) is 2.24. The second-order valence-electron chi connectivity index (χ2n) is 5.19. The predicted molar refractivity (Wildman–Crippen MR) is 99.3 cm³/mol. The predicted octanol–water partition coefficient (Wildman–Crippen LogP) is 1.90. The summed E-state index contributed by atoms with van der Waals surface area (Å²) < 4.78 is 12.1. The van der Waals surface area contributed by atoms with Crippen LogP contribution in [0.1, 0.15) is 4.88 Å². The highest BCUT2D eigenvalue weighted by molar-refractivity contribution is 7.15. The second kappa shape index (κ2) is 5.98. The van der Waals surface area contributed by atoms with Gasteiger partial charge in [-0.1, -0.05) is 17.4 Å². The molecule has 0 bridgehead atoms. The Balaban J connectivity index is 2.09. The van der Waals surface area contributed by atoms with Crippen LogP contribution >= 0.6 is 22.7 Å². The number of thiazole rings is 1. The van der Waals surface area contributed by atoms with E-state index in [0.29, 0.717) is 31.9 Å². The van der Waals surface area contributed by atoms with Gasteiger partial charge in [-0.3, -0.25) is 9.59 Å². The number of ether oxygens (including phenoxy) is 2. The van der Waals surface area contributed by atoms with Gasteiger partial charge in [-0.05, 0) is 23.6 Å². The lowest BCUT2D eigenvalue weighted by molar-refractivity contribution is 0.355. The van der Waals surface area contributed by atoms with Crippen molar-refractivity contribution in [3.63, 3.8) is 0 Å². The number of benzene rings is 1. The van der Waals surface area contributed by atoms with Crippen molar-refractivity contribution in [2.24, 2.45) is 0 Å².